The maximum absolute atomic E-state index is 12.5. The van der Waals surface area contributed by atoms with E-state index in [9.17, 15) is 4.79 Å². The highest BCUT2D eigenvalue weighted by atomic mass is 32.2. The molecule has 0 unspecified atom stereocenters. The lowest BCUT2D eigenvalue weighted by Gasteiger charge is -2.11. The van der Waals surface area contributed by atoms with Gasteiger partial charge >= 0.3 is 6.01 Å². The molecule has 0 aliphatic heterocycles. The summed E-state index contributed by atoms with van der Waals surface area (Å²) in [6.07, 6.45) is 1.99. The average Bonchev–Trinajstić information content (AvgIpc) is 3.18. The van der Waals surface area contributed by atoms with Crippen molar-refractivity contribution in [2.45, 2.75) is 18.7 Å². The van der Waals surface area contributed by atoms with Crippen LogP contribution in [0.15, 0.2) is 51.8 Å². The van der Waals surface area contributed by atoms with Crippen LogP contribution >= 0.6 is 11.8 Å². The second kappa shape index (κ2) is 9.27. The maximum Gasteiger partial charge on any atom is 0.322 e. The Balaban J connectivity index is 1.76. The summed E-state index contributed by atoms with van der Waals surface area (Å²) in [4.78, 5) is 13.6. The SMILES string of the molecule is CCOc1ccc(C(=O)Nc2nnc(-c3cccc(SC)c3)o2)cc1OCC. The van der Waals surface area contributed by atoms with Crippen LogP contribution in [0, 0.1) is 0 Å². The Kier molecular flexibility index (Phi) is 6.54. The monoisotopic (exact) mass is 399 g/mol. The van der Waals surface area contributed by atoms with E-state index < -0.39 is 0 Å². The Morgan fingerprint density at radius 3 is 2.61 bits per heavy atom. The van der Waals surface area contributed by atoms with Gasteiger partial charge in [0.25, 0.3) is 5.91 Å². The molecule has 0 aliphatic carbocycles. The number of ether oxygens (including phenoxy) is 2. The number of amides is 1. The van der Waals surface area contributed by atoms with Crippen LogP contribution in [0.2, 0.25) is 0 Å². The fourth-order valence-corrected chi connectivity index (χ4v) is 2.97. The molecule has 3 rings (SSSR count). The van der Waals surface area contributed by atoms with Gasteiger partial charge in [-0.3, -0.25) is 10.1 Å². The summed E-state index contributed by atoms with van der Waals surface area (Å²) < 4.78 is 16.7. The standard InChI is InChI=1S/C20H21N3O4S/c1-4-25-16-10-9-13(12-17(16)26-5-2)18(24)21-20-23-22-19(27-20)14-7-6-8-15(11-14)28-3/h6-12H,4-5H2,1-3H3,(H,21,23,24). The summed E-state index contributed by atoms with van der Waals surface area (Å²) in [7, 11) is 0. The van der Waals surface area contributed by atoms with E-state index in [0.29, 0.717) is 36.2 Å². The summed E-state index contributed by atoms with van der Waals surface area (Å²) >= 11 is 1.62. The van der Waals surface area contributed by atoms with Gasteiger partial charge < -0.3 is 13.9 Å². The molecule has 7 nitrogen and oxygen atoms in total. The van der Waals surface area contributed by atoms with E-state index in [1.54, 1.807) is 30.0 Å². The summed E-state index contributed by atoms with van der Waals surface area (Å²) in [5, 5.41) is 10.5. The highest BCUT2D eigenvalue weighted by molar-refractivity contribution is 7.98. The van der Waals surface area contributed by atoms with Gasteiger partial charge in [-0.1, -0.05) is 11.2 Å². The molecule has 3 aromatic rings. The second-order valence-electron chi connectivity index (χ2n) is 5.63. The first-order valence-corrected chi connectivity index (χ1v) is 10.1. The molecule has 28 heavy (non-hydrogen) atoms. The normalized spacial score (nSPS) is 10.5. The first-order chi connectivity index (χ1) is 13.6. The molecule has 8 heteroatoms. The first-order valence-electron chi connectivity index (χ1n) is 8.83. The molecule has 146 valence electrons. The van der Waals surface area contributed by atoms with Gasteiger partial charge in [0.2, 0.25) is 5.89 Å². The van der Waals surface area contributed by atoms with E-state index >= 15 is 0 Å². The molecule has 0 radical (unpaired) electrons. The Morgan fingerprint density at radius 2 is 1.86 bits per heavy atom. The summed E-state index contributed by atoms with van der Waals surface area (Å²) in [5.41, 5.74) is 1.19. The van der Waals surface area contributed by atoms with Crippen LogP contribution in [0.3, 0.4) is 0 Å². The maximum atomic E-state index is 12.5. The molecule has 0 bridgehead atoms. The number of carbonyl (C=O) groups excluding carboxylic acids is 1. The van der Waals surface area contributed by atoms with Crippen molar-refractivity contribution in [2.75, 3.05) is 24.8 Å². The van der Waals surface area contributed by atoms with Crippen molar-refractivity contribution < 1.29 is 18.7 Å². The first kappa shape index (κ1) is 19.8. The van der Waals surface area contributed by atoms with E-state index in [-0.39, 0.29) is 11.9 Å². The van der Waals surface area contributed by atoms with E-state index in [4.69, 9.17) is 13.9 Å². The van der Waals surface area contributed by atoms with E-state index in [1.165, 1.54) is 0 Å². The molecule has 2 aromatic carbocycles. The number of rotatable bonds is 8. The van der Waals surface area contributed by atoms with Crippen LogP contribution in [0.5, 0.6) is 11.5 Å². The molecule has 0 spiro atoms. The third kappa shape index (κ3) is 4.64. The minimum Gasteiger partial charge on any atom is -0.490 e. The topological polar surface area (TPSA) is 86.5 Å². The Bertz CT molecular complexity index is 958. The largest absolute Gasteiger partial charge is 0.490 e. The predicted molar refractivity (Wildman–Crippen MR) is 108 cm³/mol. The number of thioether (sulfide) groups is 1. The van der Waals surface area contributed by atoms with Crippen molar-refractivity contribution in [3.63, 3.8) is 0 Å². The fraction of sp³-hybridized carbons (Fsp3) is 0.250. The summed E-state index contributed by atoms with van der Waals surface area (Å²) in [6.45, 7) is 4.73. The van der Waals surface area contributed by atoms with Gasteiger partial charge in [0, 0.05) is 16.0 Å². The summed E-state index contributed by atoms with van der Waals surface area (Å²) in [5.74, 6) is 1.07. The van der Waals surface area contributed by atoms with Crippen LogP contribution in [-0.2, 0) is 0 Å². The second-order valence-corrected chi connectivity index (χ2v) is 6.51. The number of hydrogen-bond donors (Lipinski definition) is 1. The number of nitrogens with one attached hydrogen (secondary N) is 1. The Labute approximate surface area is 167 Å². The number of aromatic nitrogens is 2. The quantitative estimate of drug-likeness (QED) is 0.558. The third-order valence-electron chi connectivity index (χ3n) is 3.77. The smallest absolute Gasteiger partial charge is 0.322 e. The van der Waals surface area contributed by atoms with Crippen molar-refractivity contribution in [3.8, 4) is 23.0 Å². The minimum atomic E-state index is -0.378. The molecule has 0 atom stereocenters. The van der Waals surface area contributed by atoms with E-state index in [0.717, 1.165) is 10.5 Å². The van der Waals surface area contributed by atoms with Gasteiger partial charge in [-0.15, -0.1) is 16.9 Å². The molecule has 0 fully saturated rings. The number of benzene rings is 2. The van der Waals surface area contributed by atoms with Gasteiger partial charge in [0.05, 0.1) is 13.2 Å². The number of nitrogens with zero attached hydrogens (tertiary/aromatic N) is 2. The lowest BCUT2D eigenvalue weighted by atomic mass is 10.2. The number of anilines is 1. The Morgan fingerprint density at radius 1 is 1.07 bits per heavy atom. The molecule has 0 saturated heterocycles. The minimum absolute atomic E-state index is 0.0291. The molecular weight excluding hydrogens is 378 g/mol. The van der Waals surface area contributed by atoms with Crippen LogP contribution in [0.25, 0.3) is 11.5 Å². The van der Waals surface area contributed by atoms with Crippen molar-refractivity contribution >= 4 is 23.7 Å². The van der Waals surface area contributed by atoms with Crippen LogP contribution in [0.1, 0.15) is 24.2 Å². The zero-order valence-electron chi connectivity index (χ0n) is 15.9. The van der Waals surface area contributed by atoms with Crippen molar-refractivity contribution in [1.29, 1.82) is 0 Å². The molecule has 1 heterocycles. The summed E-state index contributed by atoms with van der Waals surface area (Å²) in [6, 6.07) is 12.8. The molecule has 1 N–H and O–H groups in total. The molecule has 0 aliphatic rings. The lowest BCUT2D eigenvalue weighted by Crippen LogP contribution is -2.12. The average molecular weight is 399 g/mol. The molecule has 1 aromatic heterocycles. The van der Waals surface area contributed by atoms with Crippen LogP contribution in [-0.4, -0.2) is 35.6 Å². The van der Waals surface area contributed by atoms with Crippen molar-refractivity contribution in [1.82, 2.24) is 10.2 Å². The van der Waals surface area contributed by atoms with Gasteiger partial charge in [-0.2, -0.15) is 0 Å². The highest BCUT2D eigenvalue weighted by Gasteiger charge is 2.15. The van der Waals surface area contributed by atoms with Crippen molar-refractivity contribution in [2.24, 2.45) is 0 Å². The van der Waals surface area contributed by atoms with E-state index in [2.05, 4.69) is 15.5 Å². The molecule has 1 amide bonds. The molecule has 0 saturated carbocycles. The zero-order chi connectivity index (χ0) is 19.9. The van der Waals surface area contributed by atoms with Crippen LogP contribution in [0.4, 0.5) is 6.01 Å². The third-order valence-corrected chi connectivity index (χ3v) is 4.49. The van der Waals surface area contributed by atoms with Crippen LogP contribution < -0.4 is 14.8 Å². The van der Waals surface area contributed by atoms with Crippen molar-refractivity contribution in [3.05, 3.63) is 48.0 Å². The zero-order valence-corrected chi connectivity index (χ0v) is 16.7. The van der Waals surface area contributed by atoms with Gasteiger partial charge in [0.15, 0.2) is 11.5 Å². The number of hydrogen-bond acceptors (Lipinski definition) is 7. The highest BCUT2D eigenvalue weighted by Crippen LogP contribution is 2.29. The van der Waals surface area contributed by atoms with Gasteiger partial charge in [0.1, 0.15) is 0 Å². The van der Waals surface area contributed by atoms with Gasteiger partial charge in [-0.05, 0) is 56.5 Å². The Hall–Kier alpha value is -3.00. The lowest BCUT2D eigenvalue weighted by molar-refractivity contribution is 0.102. The van der Waals surface area contributed by atoms with E-state index in [1.807, 2.05) is 44.4 Å². The fourth-order valence-electron chi connectivity index (χ4n) is 2.51. The van der Waals surface area contributed by atoms with Gasteiger partial charge in [-0.25, -0.2) is 0 Å². The number of carbonyl (C=O) groups is 1. The molecular formula is C20H21N3O4S. The predicted octanol–water partition coefficient (Wildman–Crippen LogP) is 4.51.